The Labute approximate surface area is 167 Å². The molecule has 1 aliphatic carbocycles. The summed E-state index contributed by atoms with van der Waals surface area (Å²) in [6, 6.07) is 16.2. The van der Waals surface area contributed by atoms with Crippen LogP contribution in [-0.4, -0.2) is 33.0 Å². The van der Waals surface area contributed by atoms with Crippen LogP contribution in [0.25, 0.3) is 11.4 Å². The zero-order chi connectivity index (χ0) is 19.3. The van der Waals surface area contributed by atoms with E-state index in [9.17, 15) is 9.18 Å². The highest BCUT2D eigenvalue weighted by atomic mass is 32.2. The molecule has 1 amide bonds. The highest BCUT2D eigenvalue weighted by molar-refractivity contribution is 7.99. The molecule has 1 fully saturated rings. The third-order valence-corrected chi connectivity index (χ3v) is 5.59. The minimum absolute atomic E-state index is 0.00879. The van der Waals surface area contributed by atoms with Gasteiger partial charge in [-0.1, -0.05) is 42.1 Å². The smallest absolute Gasteiger partial charge is 0.230 e. The predicted molar refractivity (Wildman–Crippen MR) is 107 cm³/mol. The fraction of sp³-hybridized carbons (Fsp3) is 0.286. The van der Waals surface area contributed by atoms with Crippen LogP contribution >= 0.6 is 11.8 Å². The predicted octanol–water partition coefficient (Wildman–Crippen LogP) is 3.75. The first-order chi connectivity index (χ1) is 13.7. The quantitative estimate of drug-likeness (QED) is 0.589. The second-order valence-corrected chi connectivity index (χ2v) is 7.86. The zero-order valence-electron chi connectivity index (χ0n) is 15.3. The Morgan fingerprint density at radius 2 is 1.86 bits per heavy atom. The van der Waals surface area contributed by atoms with Gasteiger partial charge in [0.1, 0.15) is 5.82 Å². The van der Waals surface area contributed by atoms with Crippen LogP contribution < -0.4 is 5.32 Å². The highest BCUT2D eigenvalue weighted by Gasteiger charge is 2.22. The second-order valence-electron chi connectivity index (χ2n) is 6.92. The normalized spacial score (nSPS) is 13.5. The maximum atomic E-state index is 13.3. The van der Waals surface area contributed by atoms with E-state index in [0.29, 0.717) is 29.2 Å². The first-order valence-electron chi connectivity index (χ1n) is 9.31. The van der Waals surface area contributed by atoms with Crippen molar-refractivity contribution in [3.05, 3.63) is 66.0 Å². The SMILES string of the molecule is O=C(CSc1nnc(-c2ccc(F)cc2)n1Cc1ccccc1)NCC1CC1. The van der Waals surface area contributed by atoms with Crippen LogP contribution in [-0.2, 0) is 11.3 Å². The van der Waals surface area contributed by atoms with Crippen molar-refractivity contribution in [2.24, 2.45) is 5.92 Å². The lowest BCUT2D eigenvalue weighted by molar-refractivity contribution is -0.118. The van der Waals surface area contributed by atoms with Crippen molar-refractivity contribution < 1.29 is 9.18 Å². The van der Waals surface area contributed by atoms with Crippen LogP contribution in [0.3, 0.4) is 0 Å². The molecular weight excluding hydrogens is 375 g/mol. The van der Waals surface area contributed by atoms with Crippen LogP contribution in [0.15, 0.2) is 59.8 Å². The summed E-state index contributed by atoms with van der Waals surface area (Å²) in [6.45, 7) is 1.34. The number of thioether (sulfide) groups is 1. The molecule has 4 rings (SSSR count). The largest absolute Gasteiger partial charge is 0.355 e. The molecule has 0 saturated heterocycles. The summed E-state index contributed by atoms with van der Waals surface area (Å²) in [5, 5.41) is 12.2. The summed E-state index contributed by atoms with van der Waals surface area (Å²) in [5.74, 6) is 1.32. The topological polar surface area (TPSA) is 59.8 Å². The summed E-state index contributed by atoms with van der Waals surface area (Å²) in [4.78, 5) is 12.1. The number of nitrogens with zero attached hydrogens (tertiary/aromatic N) is 3. The molecule has 1 aliphatic rings. The zero-order valence-corrected chi connectivity index (χ0v) is 16.2. The average molecular weight is 396 g/mol. The van der Waals surface area contributed by atoms with Crippen molar-refractivity contribution in [2.75, 3.05) is 12.3 Å². The first kappa shape index (κ1) is 18.7. The van der Waals surface area contributed by atoms with Crippen molar-refractivity contribution in [1.29, 1.82) is 0 Å². The van der Waals surface area contributed by atoms with Crippen molar-refractivity contribution in [2.45, 2.75) is 24.5 Å². The summed E-state index contributed by atoms with van der Waals surface area (Å²) >= 11 is 1.37. The molecule has 2 aromatic carbocycles. The van der Waals surface area contributed by atoms with Crippen molar-refractivity contribution in [1.82, 2.24) is 20.1 Å². The van der Waals surface area contributed by atoms with Gasteiger partial charge >= 0.3 is 0 Å². The minimum atomic E-state index is -0.292. The van der Waals surface area contributed by atoms with Crippen molar-refractivity contribution >= 4 is 17.7 Å². The third kappa shape index (κ3) is 4.78. The number of rotatable bonds is 8. The molecule has 1 aromatic heterocycles. The molecule has 28 heavy (non-hydrogen) atoms. The molecule has 0 aliphatic heterocycles. The van der Waals surface area contributed by atoms with E-state index in [-0.39, 0.29) is 11.7 Å². The molecule has 1 heterocycles. The Bertz CT molecular complexity index is 939. The van der Waals surface area contributed by atoms with Gasteiger partial charge in [0.25, 0.3) is 0 Å². The number of aromatic nitrogens is 3. The van der Waals surface area contributed by atoms with E-state index in [1.807, 2.05) is 34.9 Å². The Hall–Kier alpha value is -2.67. The van der Waals surface area contributed by atoms with Crippen LogP contribution in [0, 0.1) is 11.7 Å². The van der Waals surface area contributed by atoms with Gasteiger partial charge in [-0.3, -0.25) is 9.36 Å². The van der Waals surface area contributed by atoms with E-state index in [1.54, 1.807) is 12.1 Å². The number of hydrogen-bond acceptors (Lipinski definition) is 4. The standard InChI is InChI=1S/C21H21FN4OS/c22-18-10-8-17(9-11-18)20-24-25-21(26(20)13-16-4-2-1-3-5-16)28-14-19(27)23-12-15-6-7-15/h1-5,8-11,15H,6-7,12-14H2,(H,23,27). The molecule has 5 nitrogen and oxygen atoms in total. The van der Waals surface area contributed by atoms with Gasteiger partial charge in [-0.2, -0.15) is 0 Å². The highest BCUT2D eigenvalue weighted by Crippen LogP contribution is 2.28. The molecule has 7 heteroatoms. The van der Waals surface area contributed by atoms with E-state index in [2.05, 4.69) is 15.5 Å². The molecule has 1 N–H and O–H groups in total. The van der Waals surface area contributed by atoms with E-state index >= 15 is 0 Å². The Morgan fingerprint density at radius 1 is 1.11 bits per heavy atom. The van der Waals surface area contributed by atoms with E-state index in [4.69, 9.17) is 0 Å². The summed E-state index contributed by atoms with van der Waals surface area (Å²) in [5.41, 5.74) is 1.89. The van der Waals surface area contributed by atoms with Gasteiger partial charge in [-0.15, -0.1) is 10.2 Å². The maximum absolute atomic E-state index is 13.3. The van der Waals surface area contributed by atoms with Crippen molar-refractivity contribution in [3.8, 4) is 11.4 Å². The van der Waals surface area contributed by atoms with Gasteiger partial charge < -0.3 is 5.32 Å². The van der Waals surface area contributed by atoms with E-state index in [1.165, 1.54) is 36.7 Å². The maximum Gasteiger partial charge on any atom is 0.230 e. The van der Waals surface area contributed by atoms with Gasteiger partial charge in [-0.25, -0.2) is 4.39 Å². The number of nitrogens with one attached hydrogen (secondary N) is 1. The molecule has 3 aromatic rings. The van der Waals surface area contributed by atoms with E-state index in [0.717, 1.165) is 17.7 Å². The fourth-order valence-electron chi connectivity index (χ4n) is 2.88. The third-order valence-electron chi connectivity index (χ3n) is 4.62. The van der Waals surface area contributed by atoms with Gasteiger partial charge in [0.05, 0.1) is 12.3 Å². The van der Waals surface area contributed by atoms with Gasteiger partial charge in [0, 0.05) is 12.1 Å². The monoisotopic (exact) mass is 396 g/mol. The van der Waals surface area contributed by atoms with Crippen molar-refractivity contribution in [3.63, 3.8) is 0 Å². The fourth-order valence-corrected chi connectivity index (χ4v) is 3.65. The molecule has 0 atom stereocenters. The van der Waals surface area contributed by atoms with Crippen LogP contribution in [0.1, 0.15) is 18.4 Å². The number of benzene rings is 2. The van der Waals surface area contributed by atoms with Crippen LogP contribution in [0.5, 0.6) is 0 Å². The average Bonchev–Trinajstić information content (AvgIpc) is 3.47. The number of carbonyl (C=O) groups excluding carboxylic acids is 1. The lowest BCUT2D eigenvalue weighted by atomic mass is 10.2. The van der Waals surface area contributed by atoms with Gasteiger partial charge in [0.2, 0.25) is 5.91 Å². The Morgan fingerprint density at radius 3 is 2.57 bits per heavy atom. The van der Waals surface area contributed by atoms with Crippen LogP contribution in [0.4, 0.5) is 4.39 Å². The second kappa shape index (κ2) is 8.56. The molecular formula is C21H21FN4OS. The van der Waals surface area contributed by atoms with Gasteiger partial charge in [-0.05, 0) is 48.6 Å². The minimum Gasteiger partial charge on any atom is -0.355 e. The Balaban J connectivity index is 1.54. The molecule has 0 unspecified atom stereocenters. The number of hydrogen-bond donors (Lipinski definition) is 1. The summed E-state index contributed by atoms with van der Waals surface area (Å²) in [7, 11) is 0. The number of halogens is 1. The summed E-state index contributed by atoms with van der Waals surface area (Å²) < 4.78 is 15.3. The first-order valence-corrected chi connectivity index (χ1v) is 10.3. The molecule has 0 radical (unpaired) electrons. The number of carbonyl (C=O) groups is 1. The van der Waals surface area contributed by atoms with Crippen LogP contribution in [0.2, 0.25) is 0 Å². The molecule has 1 saturated carbocycles. The lowest BCUT2D eigenvalue weighted by Crippen LogP contribution is -2.27. The Kier molecular flexibility index (Phi) is 5.71. The van der Waals surface area contributed by atoms with E-state index < -0.39 is 0 Å². The lowest BCUT2D eigenvalue weighted by Gasteiger charge is -2.11. The van der Waals surface area contributed by atoms with Gasteiger partial charge in [0.15, 0.2) is 11.0 Å². The molecule has 144 valence electrons. The molecule has 0 spiro atoms. The summed E-state index contributed by atoms with van der Waals surface area (Å²) in [6.07, 6.45) is 2.42. The number of amides is 1. The molecule has 0 bridgehead atoms.